The van der Waals surface area contributed by atoms with Crippen molar-refractivity contribution in [3.63, 3.8) is 0 Å². The Hall–Kier alpha value is -2.12. The van der Waals surface area contributed by atoms with Gasteiger partial charge in [-0.2, -0.15) is 0 Å². The summed E-state index contributed by atoms with van der Waals surface area (Å²) in [6, 6.07) is 10.6. The lowest BCUT2D eigenvalue weighted by Crippen LogP contribution is -2.18. The summed E-state index contributed by atoms with van der Waals surface area (Å²) < 4.78 is 55.7. The van der Waals surface area contributed by atoms with Crippen LogP contribution in [0, 0.1) is 25.5 Å². The Kier molecular flexibility index (Phi) is 7.66. The lowest BCUT2D eigenvalue weighted by Gasteiger charge is -2.21. The van der Waals surface area contributed by atoms with E-state index in [1.165, 1.54) is 18.3 Å². The van der Waals surface area contributed by atoms with Crippen molar-refractivity contribution in [3.8, 4) is 0 Å². The molecule has 0 aliphatic heterocycles. The van der Waals surface area contributed by atoms with Gasteiger partial charge in [0.15, 0.2) is 9.84 Å². The number of hydrogen-bond acceptors (Lipinski definition) is 3. The highest BCUT2D eigenvalue weighted by Crippen LogP contribution is 2.39. The molecular formula is C22H22BrF2NO2S. The Labute approximate surface area is 178 Å². The Balaban J connectivity index is 0.00000145. The Bertz CT molecular complexity index is 1050. The Morgan fingerprint density at radius 3 is 2.17 bits per heavy atom. The van der Waals surface area contributed by atoms with Crippen LogP contribution in [0.1, 0.15) is 41.5 Å². The zero-order valence-electron chi connectivity index (χ0n) is 16.6. The fraction of sp³-hybridized carbons (Fsp3) is 0.227. The number of hydrogen-bond donors (Lipinski definition) is 0. The largest absolute Gasteiger partial charge is 0.260 e. The number of aromatic nitrogens is 1. The third-order valence-corrected chi connectivity index (χ3v) is 6.92. The first-order valence-corrected chi connectivity index (χ1v) is 11.4. The maximum absolute atomic E-state index is 14.6. The van der Waals surface area contributed by atoms with Gasteiger partial charge in [-0.3, -0.25) is 4.98 Å². The van der Waals surface area contributed by atoms with E-state index in [-0.39, 0.29) is 10.5 Å². The van der Waals surface area contributed by atoms with Crippen molar-refractivity contribution in [2.75, 3.05) is 0 Å². The fourth-order valence-corrected chi connectivity index (χ4v) is 5.28. The van der Waals surface area contributed by atoms with Crippen molar-refractivity contribution < 1.29 is 17.2 Å². The molecule has 1 unspecified atom stereocenters. The van der Waals surface area contributed by atoms with Gasteiger partial charge >= 0.3 is 0 Å². The summed E-state index contributed by atoms with van der Waals surface area (Å²) in [4.78, 5) is 4.14. The second-order valence-electron chi connectivity index (χ2n) is 6.25. The molecule has 154 valence electrons. The van der Waals surface area contributed by atoms with Crippen LogP contribution in [-0.4, -0.2) is 13.4 Å². The van der Waals surface area contributed by atoms with Gasteiger partial charge in [0, 0.05) is 21.9 Å². The topological polar surface area (TPSA) is 47.0 Å². The zero-order chi connectivity index (χ0) is 21.8. The predicted molar refractivity (Wildman–Crippen MR) is 115 cm³/mol. The monoisotopic (exact) mass is 481 g/mol. The number of sulfone groups is 1. The molecule has 0 bridgehead atoms. The van der Waals surface area contributed by atoms with Crippen LogP contribution in [0.5, 0.6) is 0 Å². The minimum Gasteiger partial charge on any atom is -0.260 e. The van der Waals surface area contributed by atoms with E-state index in [4.69, 9.17) is 0 Å². The maximum atomic E-state index is 14.6. The van der Waals surface area contributed by atoms with Gasteiger partial charge in [0.1, 0.15) is 16.9 Å². The average Bonchev–Trinajstić information content (AvgIpc) is 2.69. The van der Waals surface area contributed by atoms with E-state index in [1.807, 2.05) is 20.8 Å². The van der Waals surface area contributed by atoms with Gasteiger partial charge in [0.2, 0.25) is 0 Å². The number of aryl methyl sites for hydroxylation is 2. The molecule has 3 aromatic rings. The summed E-state index contributed by atoms with van der Waals surface area (Å²) in [6.07, 6.45) is 1.46. The summed E-state index contributed by atoms with van der Waals surface area (Å²) >= 11 is 3.30. The van der Waals surface area contributed by atoms with E-state index >= 15 is 0 Å². The normalized spacial score (nSPS) is 12.1. The number of benzene rings is 2. The second kappa shape index (κ2) is 9.59. The zero-order valence-corrected chi connectivity index (χ0v) is 19.0. The maximum Gasteiger partial charge on any atom is 0.189 e. The van der Waals surface area contributed by atoms with Crippen LogP contribution in [-0.2, 0) is 9.84 Å². The van der Waals surface area contributed by atoms with Crippen LogP contribution >= 0.6 is 15.9 Å². The molecule has 0 aliphatic rings. The van der Waals surface area contributed by atoms with Crippen molar-refractivity contribution in [1.29, 1.82) is 0 Å². The van der Waals surface area contributed by atoms with Gasteiger partial charge in [-0.15, -0.1) is 0 Å². The number of nitrogens with zero attached hydrogens (tertiary/aromatic N) is 1. The molecule has 7 heteroatoms. The Morgan fingerprint density at radius 2 is 1.55 bits per heavy atom. The molecule has 0 saturated carbocycles. The lowest BCUT2D eigenvalue weighted by molar-refractivity contribution is 0.569. The van der Waals surface area contributed by atoms with Gasteiger partial charge in [-0.1, -0.05) is 31.5 Å². The molecule has 1 atom stereocenters. The molecule has 3 rings (SSSR count). The van der Waals surface area contributed by atoms with E-state index in [1.54, 1.807) is 25.1 Å². The second-order valence-corrected chi connectivity index (χ2v) is 9.14. The molecule has 3 nitrogen and oxygen atoms in total. The van der Waals surface area contributed by atoms with Crippen molar-refractivity contribution in [3.05, 3.63) is 93.2 Å². The molecular weight excluding hydrogens is 460 g/mol. The van der Waals surface area contributed by atoms with Crippen LogP contribution in [0.15, 0.2) is 64.1 Å². The Morgan fingerprint density at radius 1 is 0.931 bits per heavy atom. The SMILES string of the molecule is CC.Cc1ccc(S(=O)(=O)C(c2cc(F)ccc2F)c2cc(C)ncc2Br)cc1. The van der Waals surface area contributed by atoms with E-state index < -0.39 is 26.7 Å². The molecule has 2 aromatic carbocycles. The summed E-state index contributed by atoms with van der Waals surface area (Å²) in [5.41, 5.74) is 1.51. The number of rotatable bonds is 4. The predicted octanol–water partition coefficient (Wildman–Crippen LogP) is 6.33. The molecule has 0 fully saturated rings. The first-order chi connectivity index (χ1) is 13.7. The molecule has 29 heavy (non-hydrogen) atoms. The summed E-state index contributed by atoms with van der Waals surface area (Å²) in [5.74, 6) is -1.50. The van der Waals surface area contributed by atoms with E-state index in [9.17, 15) is 17.2 Å². The fourth-order valence-electron chi connectivity index (χ4n) is 2.85. The van der Waals surface area contributed by atoms with Gasteiger partial charge in [0.25, 0.3) is 0 Å². The quantitative estimate of drug-likeness (QED) is 0.437. The molecule has 1 heterocycles. The van der Waals surface area contributed by atoms with Crippen LogP contribution in [0.2, 0.25) is 0 Å². The van der Waals surface area contributed by atoms with Gasteiger partial charge < -0.3 is 0 Å². The molecule has 0 aliphatic carbocycles. The molecule has 0 spiro atoms. The molecule has 0 amide bonds. The first-order valence-electron chi connectivity index (χ1n) is 9.07. The highest BCUT2D eigenvalue weighted by atomic mass is 79.9. The summed E-state index contributed by atoms with van der Waals surface area (Å²) in [7, 11) is -4.07. The van der Waals surface area contributed by atoms with Crippen LogP contribution in [0.25, 0.3) is 0 Å². The minimum atomic E-state index is -4.07. The van der Waals surface area contributed by atoms with E-state index in [0.717, 1.165) is 23.8 Å². The summed E-state index contributed by atoms with van der Waals surface area (Å²) in [5, 5.41) is -1.42. The van der Waals surface area contributed by atoms with Crippen molar-refractivity contribution in [1.82, 2.24) is 4.98 Å². The highest BCUT2D eigenvalue weighted by molar-refractivity contribution is 9.10. The van der Waals surface area contributed by atoms with Crippen molar-refractivity contribution >= 4 is 25.8 Å². The molecule has 0 N–H and O–H groups in total. The van der Waals surface area contributed by atoms with Crippen LogP contribution in [0.4, 0.5) is 8.78 Å². The average molecular weight is 482 g/mol. The third-order valence-electron chi connectivity index (χ3n) is 4.20. The van der Waals surface area contributed by atoms with Crippen LogP contribution in [0.3, 0.4) is 0 Å². The van der Waals surface area contributed by atoms with E-state index in [2.05, 4.69) is 20.9 Å². The van der Waals surface area contributed by atoms with Crippen LogP contribution < -0.4 is 0 Å². The van der Waals surface area contributed by atoms with Gasteiger partial charge in [-0.25, -0.2) is 17.2 Å². The highest BCUT2D eigenvalue weighted by Gasteiger charge is 2.34. The standard InChI is InChI=1S/C20H16BrF2NO2S.C2H6/c1-12-3-6-15(7-4-12)27(25,26)20(16-9-13(2)24-11-18(16)21)17-10-14(22)5-8-19(17)23;1-2/h3-11,20H,1-2H3;1-2H3. The van der Waals surface area contributed by atoms with E-state index in [0.29, 0.717) is 15.7 Å². The first kappa shape index (κ1) is 23.2. The molecule has 1 aromatic heterocycles. The number of halogens is 3. The summed E-state index contributed by atoms with van der Waals surface area (Å²) in [6.45, 7) is 7.54. The molecule has 0 radical (unpaired) electrons. The lowest BCUT2D eigenvalue weighted by atomic mass is 10.0. The van der Waals surface area contributed by atoms with Crippen molar-refractivity contribution in [2.45, 2.75) is 37.8 Å². The molecule has 0 saturated heterocycles. The third kappa shape index (κ3) is 5.08. The number of pyridine rings is 1. The smallest absolute Gasteiger partial charge is 0.189 e. The van der Waals surface area contributed by atoms with Gasteiger partial charge in [-0.05, 0) is 71.7 Å². The van der Waals surface area contributed by atoms with Crippen molar-refractivity contribution in [2.24, 2.45) is 0 Å². The minimum absolute atomic E-state index is 0.0307. The van der Waals surface area contributed by atoms with Gasteiger partial charge in [0.05, 0.1) is 4.90 Å².